The molecule has 4 N–H and O–H groups in total. The SMILES string of the molecule is CNc1cc(N2CCNCC2)ccc1C(=N)N1CCC(=O)NC1=O. The van der Waals surface area contributed by atoms with E-state index in [1.54, 1.807) is 7.05 Å². The lowest BCUT2D eigenvalue weighted by Crippen LogP contribution is -2.52. The highest BCUT2D eigenvalue weighted by atomic mass is 16.2. The minimum absolute atomic E-state index is 0.0937. The molecule has 1 aromatic rings. The molecule has 128 valence electrons. The quantitative estimate of drug-likeness (QED) is 0.475. The number of anilines is 2. The lowest BCUT2D eigenvalue weighted by Gasteiger charge is -2.31. The van der Waals surface area contributed by atoms with Gasteiger partial charge in [-0.1, -0.05) is 0 Å². The molecule has 0 aromatic heterocycles. The highest BCUT2D eigenvalue weighted by Gasteiger charge is 2.28. The van der Waals surface area contributed by atoms with Gasteiger partial charge in [-0.15, -0.1) is 0 Å². The summed E-state index contributed by atoms with van der Waals surface area (Å²) in [6, 6.07) is 5.30. The molecule has 0 unspecified atom stereocenters. The lowest BCUT2D eigenvalue weighted by atomic mass is 10.1. The Balaban J connectivity index is 1.83. The number of amidine groups is 1. The van der Waals surface area contributed by atoms with Crippen LogP contribution in [0.25, 0.3) is 0 Å². The smallest absolute Gasteiger partial charge is 0.329 e. The summed E-state index contributed by atoms with van der Waals surface area (Å²) < 4.78 is 0. The molecule has 0 spiro atoms. The summed E-state index contributed by atoms with van der Waals surface area (Å²) in [4.78, 5) is 26.8. The van der Waals surface area contributed by atoms with Crippen molar-refractivity contribution in [2.75, 3.05) is 50.0 Å². The van der Waals surface area contributed by atoms with Gasteiger partial charge in [0, 0.05) is 63.1 Å². The van der Waals surface area contributed by atoms with E-state index in [4.69, 9.17) is 5.41 Å². The van der Waals surface area contributed by atoms with Crippen LogP contribution < -0.4 is 20.9 Å². The first-order chi connectivity index (χ1) is 11.6. The van der Waals surface area contributed by atoms with Crippen LogP contribution in [-0.2, 0) is 4.79 Å². The Labute approximate surface area is 140 Å². The van der Waals surface area contributed by atoms with Gasteiger partial charge in [0.25, 0.3) is 0 Å². The van der Waals surface area contributed by atoms with Crippen LogP contribution in [0.2, 0.25) is 0 Å². The number of hydrogen-bond acceptors (Lipinski definition) is 6. The Morgan fingerprint density at radius 3 is 2.62 bits per heavy atom. The first-order valence-electron chi connectivity index (χ1n) is 8.08. The van der Waals surface area contributed by atoms with Crippen LogP contribution in [0.1, 0.15) is 12.0 Å². The first-order valence-corrected chi connectivity index (χ1v) is 8.08. The largest absolute Gasteiger partial charge is 0.387 e. The summed E-state index contributed by atoms with van der Waals surface area (Å²) in [7, 11) is 1.80. The number of urea groups is 1. The van der Waals surface area contributed by atoms with E-state index in [2.05, 4.69) is 20.9 Å². The zero-order chi connectivity index (χ0) is 17.1. The summed E-state index contributed by atoms with van der Waals surface area (Å²) >= 11 is 0. The van der Waals surface area contributed by atoms with Gasteiger partial charge in [0.2, 0.25) is 5.91 Å². The van der Waals surface area contributed by atoms with E-state index in [1.165, 1.54) is 4.90 Å². The average Bonchev–Trinajstić information content (AvgIpc) is 2.61. The van der Waals surface area contributed by atoms with Crippen LogP contribution >= 0.6 is 0 Å². The number of carbonyl (C=O) groups is 2. The van der Waals surface area contributed by atoms with Gasteiger partial charge >= 0.3 is 6.03 Å². The second-order valence-corrected chi connectivity index (χ2v) is 5.82. The predicted molar refractivity (Wildman–Crippen MR) is 92.8 cm³/mol. The van der Waals surface area contributed by atoms with Gasteiger partial charge in [-0.2, -0.15) is 0 Å². The molecule has 0 saturated carbocycles. The Morgan fingerprint density at radius 1 is 1.21 bits per heavy atom. The van der Waals surface area contributed by atoms with Crippen molar-refractivity contribution in [3.8, 4) is 0 Å². The zero-order valence-electron chi connectivity index (χ0n) is 13.7. The molecule has 24 heavy (non-hydrogen) atoms. The monoisotopic (exact) mass is 330 g/mol. The fourth-order valence-electron chi connectivity index (χ4n) is 2.99. The van der Waals surface area contributed by atoms with Crippen molar-refractivity contribution in [3.05, 3.63) is 23.8 Å². The molecule has 2 heterocycles. The fraction of sp³-hybridized carbons (Fsp3) is 0.438. The number of imide groups is 1. The van der Waals surface area contributed by atoms with Crippen molar-refractivity contribution in [1.82, 2.24) is 15.5 Å². The van der Waals surface area contributed by atoms with Gasteiger partial charge < -0.3 is 15.5 Å². The molecular formula is C16H22N6O2. The Morgan fingerprint density at radius 2 is 1.96 bits per heavy atom. The van der Waals surface area contributed by atoms with Crippen LogP contribution in [0.15, 0.2) is 18.2 Å². The van der Waals surface area contributed by atoms with Gasteiger partial charge in [0.05, 0.1) is 0 Å². The predicted octanol–water partition coefficient (Wildman–Crippen LogP) is 0.405. The maximum Gasteiger partial charge on any atom is 0.329 e. The van der Waals surface area contributed by atoms with Crippen molar-refractivity contribution in [1.29, 1.82) is 5.41 Å². The van der Waals surface area contributed by atoms with Crippen molar-refractivity contribution in [2.24, 2.45) is 0 Å². The number of piperazine rings is 1. The van der Waals surface area contributed by atoms with E-state index >= 15 is 0 Å². The lowest BCUT2D eigenvalue weighted by molar-refractivity contribution is -0.121. The van der Waals surface area contributed by atoms with Crippen LogP contribution in [0.3, 0.4) is 0 Å². The normalized spacial score (nSPS) is 18.4. The molecule has 3 rings (SSSR count). The number of carbonyl (C=O) groups excluding carboxylic acids is 2. The van der Waals surface area contributed by atoms with Crippen molar-refractivity contribution in [2.45, 2.75) is 6.42 Å². The van der Waals surface area contributed by atoms with Gasteiger partial charge in [-0.05, 0) is 18.2 Å². The summed E-state index contributed by atoms with van der Waals surface area (Å²) in [5.74, 6) is -0.205. The first kappa shape index (κ1) is 16.3. The van der Waals surface area contributed by atoms with E-state index in [0.717, 1.165) is 37.6 Å². The summed E-state index contributed by atoms with van der Waals surface area (Å²) in [6.45, 7) is 4.02. The molecular weight excluding hydrogens is 308 g/mol. The number of amides is 3. The van der Waals surface area contributed by atoms with Crippen molar-refractivity contribution in [3.63, 3.8) is 0 Å². The second kappa shape index (κ2) is 6.88. The molecule has 1 aromatic carbocycles. The van der Waals surface area contributed by atoms with Crippen LogP contribution in [0.4, 0.5) is 16.2 Å². The van der Waals surface area contributed by atoms with E-state index in [1.807, 2.05) is 18.2 Å². The van der Waals surface area contributed by atoms with Crippen LogP contribution in [0, 0.1) is 5.41 Å². The van der Waals surface area contributed by atoms with Crippen LogP contribution in [0.5, 0.6) is 0 Å². The molecule has 2 saturated heterocycles. The standard InChI is InChI=1S/C16H22N6O2/c1-18-13-10-11(21-8-5-19-6-9-21)2-3-12(13)15(17)22-7-4-14(23)20-16(22)24/h2-3,10,17-19H,4-9H2,1H3,(H,20,23,24). The summed E-state index contributed by atoms with van der Waals surface area (Å²) in [6.07, 6.45) is 0.210. The minimum Gasteiger partial charge on any atom is -0.387 e. The highest BCUT2D eigenvalue weighted by Crippen LogP contribution is 2.25. The Bertz CT molecular complexity index is 669. The van der Waals surface area contributed by atoms with Crippen molar-refractivity contribution < 1.29 is 9.59 Å². The fourth-order valence-corrected chi connectivity index (χ4v) is 2.99. The Kier molecular flexibility index (Phi) is 4.66. The van der Waals surface area contributed by atoms with E-state index in [9.17, 15) is 9.59 Å². The average molecular weight is 330 g/mol. The molecule has 2 aliphatic rings. The van der Waals surface area contributed by atoms with Crippen molar-refractivity contribution >= 4 is 29.1 Å². The number of nitrogens with one attached hydrogen (secondary N) is 4. The van der Waals surface area contributed by atoms with Gasteiger partial charge in [-0.3, -0.25) is 20.4 Å². The molecule has 0 bridgehead atoms. The molecule has 2 fully saturated rings. The summed E-state index contributed by atoms with van der Waals surface area (Å²) in [5, 5.41) is 17.1. The third-order valence-electron chi connectivity index (χ3n) is 4.33. The summed E-state index contributed by atoms with van der Waals surface area (Å²) in [5.41, 5.74) is 2.53. The van der Waals surface area contributed by atoms with E-state index < -0.39 is 6.03 Å². The van der Waals surface area contributed by atoms with E-state index in [-0.39, 0.29) is 24.7 Å². The van der Waals surface area contributed by atoms with Gasteiger partial charge in [-0.25, -0.2) is 4.79 Å². The third kappa shape index (κ3) is 3.18. The Hall–Kier alpha value is -2.61. The number of nitrogens with zero attached hydrogens (tertiary/aromatic N) is 2. The molecule has 8 heteroatoms. The molecule has 3 amide bonds. The van der Waals surface area contributed by atoms with Crippen LogP contribution in [-0.4, -0.2) is 62.4 Å². The maximum atomic E-state index is 12.0. The molecule has 8 nitrogen and oxygen atoms in total. The highest BCUT2D eigenvalue weighted by molar-refractivity contribution is 6.12. The minimum atomic E-state index is -0.538. The molecule has 0 aliphatic carbocycles. The molecule has 0 radical (unpaired) electrons. The molecule has 0 atom stereocenters. The zero-order valence-corrected chi connectivity index (χ0v) is 13.7. The number of rotatable bonds is 3. The van der Waals surface area contributed by atoms with E-state index in [0.29, 0.717) is 5.56 Å². The maximum absolute atomic E-state index is 12.0. The van der Waals surface area contributed by atoms with Gasteiger partial charge in [0.1, 0.15) is 5.84 Å². The second-order valence-electron chi connectivity index (χ2n) is 5.82. The molecule has 2 aliphatic heterocycles. The topological polar surface area (TPSA) is 101 Å². The third-order valence-corrected chi connectivity index (χ3v) is 4.33. The van der Waals surface area contributed by atoms with Gasteiger partial charge in [0.15, 0.2) is 0 Å². The number of benzene rings is 1. The number of hydrogen-bond donors (Lipinski definition) is 4.